The summed E-state index contributed by atoms with van der Waals surface area (Å²) in [6, 6.07) is 12.2. The molecule has 6 heteroatoms. The lowest BCUT2D eigenvalue weighted by molar-refractivity contribution is 0.0795. The van der Waals surface area contributed by atoms with Crippen LogP contribution in [0.1, 0.15) is 52.4 Å². The molecular weight excluding hydrogens is 422 g/mol. The van der Waals surface area contributed by atoms with E-state index in [1.165, 1.54) is 59.9 Å². The van der Waals surface area contributed by atoms with Gasteiger partial charge >= 0.3 is 0 Å². The second-order valence-electron chi connectivity index (χ2n) is 9.37. The minimum atomic E-state index is 0.125. The first kappa shape index (κ1) is 21.5. The van der Waals surface area contributed by atoms with Crippen molar-refractivity contribution in [2.75, 3.05) is 37.7 Å². The fraction of sp³-hybridized carbons (Fsp3) is 0.560. The second kappa shape index (κ2) is 9.26. The molecule has 1 aromatic heterocycles. The number of benzene rings is 1. The number of amides is 1. The molecule has 0 spiro atoms. The molecule has 3 aliphatic heterocycles. The molecule has 1 unspecified atom stereocenters. The van der Waals surface area contributed by atoms with Crippen LogP contribution in [0.25, 0.3) is 10.4 Å². The van der Waals surface area contributed by atoms with Gasteiger partial charge in [0.2, 0.25) is 0 Å². The van der Waals surface area contributed by atoms with E-state index in [4.69, 9.17) is 5.73 Å². The highest BCUT2D eigenvalue weighted by Gasteiger charge is 2.29. The second-order valence-corrected chi connectivity index (χ2v) is 11.6. The minimum absolute atomic E-state index is 0.125. The number of nitrogens with zero attached hydrogens (tertiary/aromatic N) is 2. The Morgan fingerprint density at radius 3 is 2.48 bits per heavy atom. The summed E-state index contributed by atoms with van der Waals surface area (Å²) >= 11 is 3.74. The maximum absolute atomic E-state index is 12.9. The molecule has 2 atom stereocenters. The third kappa shape index (κ3) is 4.58. The SMILES string of the molecule is Cc1cc(-c2ccc(C3CCN(C4CCSC4)CC3)cc2)sc1C(=O)N1CC[C@H](N)C1. The largest absolute Gasteiger partial charge is 0.336 e. The third-order valence-electron chi connectivity index (χ3n) is 7.24. The number of rotatable bonds is 4. The lowest BCUT2D eigenvalue weighted by atomic mass is 9.88. The summed E-state index contributed by atoms with van der Waals surface area (Å²) in [6.45, 7) is 5.99. The Hall–Kier alpha value is -1.34. The highest BCUT2D eigenvalue weighted by Crippen LogP contribution is 2.36. The summed E-state index contributed by atoms with van der Waals surface area (Å²) in [7, 11) is 0. The number of nitrogens with two attached hydrogens (primary N) is 1. The maximum atomic E-state index is 12.9. The van der Waals surface area contributed by atoms with Crippen LogP contribution >= 0.6 is 23.1 Å². The fourth-order valence-electron chi connectivity index (χ4n) is 5.28. The minimum Gasteiger partial charge on any atom is -0.336 e. The first-order valence-corrected chi connectivity index (χ1v) is 13.6. The van der Waals surface area contributed by atoms with E-state index in [0.29, 0.717) is 12.5 Å². The van der Waals surface area contributed by atoms with Gasteiger partial charge in [0.15, 0.2) is 0 Å². The van der Waals surface area contributed by atoms with Gasteiger partial charge in [0.05, 0.1) is 4.88 Å². The van der Waals surface area contributed by atoms with Crippen LogP contribution in [-0.2, 0) is 0 Å². The average Bonchev–Trinajstić information content (AvgIpc) is 3.55. The summed E-state index contributed by atoms with van der Waals surface area (Å²) in [5.41, 5.74) is 9.76. The van der Waals surface area contributed by atoms with Gasteiger partial charge in [-0.1, -0.05) is 24.3 Å². The average molecular weight is 456 g/mol. The van der Waals surface area contributed by atoms with Gasteiger partial charge < -0.3 is 10.6 Å². The molecule has 0 aliphatic carbocycles. The van der Waals surface area contributed by atoms with Crippen molar-refractivity contribution < 1.29 is 4.79 Å². The van der Waals surface area contributed by atoms with Gasteiger partial charge in [-0.05, 0) is 80.1 Å². The Morgan fingerprint density at radius 1 is 1.06 bits per heavy atom. The molecule has 4 heterocycles. The van der Waals surface area contributed by atoms with Crippen molar-refractivity contribution in [1.29, 1.82) is 0 Å². The summed E-state index contributed by atoms with van der Waals surface area (Å²) in [5, 5.41) is 0. The molecular formula is C25H33N3OS2. The standard InChI is InChI=1S/C25H33N3OS2/c1-17-14-23(31-24(17)25(29)28-12-8-21(26)15-28)20-4-2-18(3-5-20)19-6-10-27(11-7-19)22-9-13-30-16-22/h2-5,14,19,21-22H,6-13,15-16,26H2,1H3/t21-,22?/m0/s1. The molecule has 0 radical (unpaired) electrons. The van der Waals surface area contributed by atoms with E-state index in [2.05, 4.69) is 47.0 Å². The Labute approximate surface area is 194 Å². The van der Waals surface area contributed by atoms with Crippen molar-refractivity contribution in [1.82, 2.24) is 9.80 Å². The zero-order valence-corrected chi connectivity index (χ0v) is 20.0. The summed E-state index contributed by atoms with van der Waals surface area (Å²) in [5.74, 6) is 3.49. The lowest BCUT2D eigenvalue weighted by Gasteiger charge is -2.36. The Morgan fingerprint density at radius 2 is 1.84 bits per heavy atom. The smallest absolute Gasteiger partial charge is 0.264 e. The normalized spacial score (nSPS) is 25.4. The van der Waals surface area contributed by atoms with Crippen LogP contribution in [0.3, 0.4) is 0 Å². The van der Waals surface area contributed by atoms with Gasteiger partial charge in [-0.25, -0.2) is 0 Å². The van der Waals surface area contributed by atoms with Gasteiger partial charge in [-0.15, -0.1) is 11.3 Å². The van der Waals surface area contributed by atoms with Gasteiger partial charge in [0, 0.05) is 35.8 Å². The number of piperidine rings is 1. The molecule has 5 rings (SSSR count). The quantitative estimate of drug-likeness (QED) is 0.733. The molecule has 2 aromatic rings. The number of hydrogen-bond donors (Lipinski definition) is 1. The van der Waals surface area contributed by atoms with E-state index in [1.807, 2.05) is 11.8 Å². The van der Waals surface area contributed by atoms with Gasteiger partial charge in [-0.2, -0.15) is 11.8 Å². The lowest BCUT2D eigenvalue weighted by Crippen LogP contribution is -2.40. The van der Waals surface area contributed by atoms with Crippen molar-refractivity contribution in [3.63, 3.8) is 0 Å². The molecule has 2 N–H and O–H groups in total. The van der Waals surface area contributed by atoms with E-state index in [0.717, 1.165) is 29.4 Å². The van der Waals surface area contributed by atoms with Crippen LogP contribution in [0.2, 0.25) is 0 Å². The van der Waals surface area contributed by atoms with E-state index in [9.17, 15) is 4.79 Å². The summed E-state index contributed by atoms with van der Waals surface area (Å²) in [4.78, 5) is 19.6. The zero-order chi connectivity index (χ0) is 21.4. The molecule has 31 heavy (non-hydrogen) atoms. The maximum Gasteiger partial charge on any atom is 0.264 e. The highest BCUT2D eigenvalue weighted by atomic mass is 32.2. The molecule has 3 aliphatic rings. The van der Waals surface area contributed by atoms with Crippen LogP contribution in [0, 0.1) is 6.92 Å². The van der Waals surface area contributed by atoms with E-state index in [-0.39, 0.29) is 11.9 Å². The summed E-state index contributed by atoms with van der Waals surface area (Å²) < 4.78 is 0. The molecule has 0 bridgehead atoms. The Bertz CT molecular complexity index is 911. The van der Waals surface area contributed by atoms with E-state index < -0.39 is 0 Å². The third-order valence-corrected chi connectivity index (χ3v) is 9.66. The molecule has 3 fully saturated rings. The van der Waals surface area contributed by atoms with Crippen LogP contribution in [0.4, 0.5) is 0 Å². The first-order chi connectivity index (χ1) is 15.1. The number of hydrogen-bond acceptors (Lipinski definition) is 5. The molecule has 4 nitrogen and oxygen atoms in total. The van der Waals surface area contributed by atoms with Gasteiger partial charge in [0.1, 0.15) is 0 Å². The topological polar surface area (TPSA) is 49.6 Å². The van der Waals surface area contributed by atoms with E-state index in [1.54, 1.807) is 11.3 Å². The molecule has 3 saturated heterocycles. The zero-order valence-electron chi connectivity index (χ0n) is 18.4. The predicted octanol–water partition coefficient (Wildman–Crippen LogP) is 4.58. The first-order valence-electron chi connectivity index (χ1n) is 11.7. The molecule has 0 saturated carbocycles. The van der Waals surface area contributed by atoms with Crippen LogP contribution in [0.15, 0.2) is 30.3 Å². The van der Waals surface area contributed by atoms with Crippen LogP contribution in [0.5, 0.6) is 0 Å². The van der Waals surface area contributed by atoms with Crippen molar-refractivity contribution in [3.05, 3.63) is 46.3 Å². The number of thioether (sulfide) groups is 1. The number of aryl methyl sites for hydroxylation is 1. The molecule has 166 valence electrons. The fourth-order valence-corrected chi connectivity index (χ4v) is 7.68. The molecule has 1 amide bonds. The number of likely N-dealkylation sites (tertiary alicyclic amines) is 2. The van der Waals surface area contributed by atoms with Crippen molar-refractivity contribution in [2.45, 2.75) is 50.6 Å². The molecule has 1 aromatic carbocycles. The van der Waals surface area contributed by atoms with Gasteiger partial charge in [-0.3, -0.25) is 9.69 Å². The Kier molecular flexibility index (Phi) is 6.42. The van der Waals surface area contributed by atoms with Crippen LogP contribution < -0.4 is 5.73 Å². The van der Waals surface area contributed by atoms with E-state index >= 15 is 0 Å². The van der Waals surface area contributed by atoms with Gasteiger partial charge in [0.25, 0.3) is 5.91 Å². The monoisotopic (exact) mass is 455 g/mol. The highest BCUT2D eigenvalue weighted by molar-refractivity contribution is 7.99. The summed E-state index contributed by atoms with van der Waals surface area (Å²) in [6.07, 6.45) is 4.83. The number of carbonyl (C=O) groups is 1. The number of carbonyl (C=O) groups excluding carboxylic acids is 1. The predicted molar refractivity (Wildman–Crippen MR) is 132 cm³/mol. The Balaban J connectivity index is 1.24. The van der Waals surface area contributed by atoms with Crippen molar-refractivity contribution in [2.24, 2.45) is 5.73 Å². The van der Waals surface area contributed by atoms with Crippen LogP contribution in [-0.4, -0.2) is 65.5 Å². The number of thiophene rings is 1. The van der Waals surface area contributed by atoms with Crippen molar-refractivity contribution >= 4 is 29.0 Å². The van der Waals surface area contributed by atoms with Crippen molar-refractivity contribution in [3.8, 4) is 10.4 Å².